The number of benzene rings is 4. The standard InChI is InChI=1S/C50H68O4/c1-11-19-31-32(20-12-2)34(22-14-4)38-28-40-36(24-16-6)42-30-44-43(29-41(42)35(23-15-5)39(40)27-37(38)33(31)21-13-3)49(9,25-17-7)45(47(51)52)46(48(53)54)50(44,10)26-18-8/h27-30H,11-26H2,1-10H3,(H,51,52)(H,53,54). The van der Waals surface area contributed by atoms with Crippen LogP contribution >= 0.6 is 0 Å². The van der Waals surface area contributed by atoms with E-state index >= 15 is 0 Å². The first-order chi connectivity index (χ1) is 25.9. The molecule has 2 atom stereocenters. The summed E-state index contributed by atoms with van der Waals surface area (Å²) in [6.45, 7) is 21.9. The lowest BCUT2D eigenvalue weighted by molar-refractivity contribution is -0.137. The third-order valence-corrected chi connectivity index (χ3v) is 12.8. The van der Waals surface area contributed by atoms with Gasteiger partial charge in [-0.05, 0) is 152 Å². The molecule has 0 saturated heterocycles. The van der Waals surface area contributed by atoms with Crippen LogP contribution in [-0.4, -0.2) is 22.2 Å². The Labute approximate surface area is 325 Å². The molecular weight excluding hydrogens is 665 g/mol. The molecule has 0 aromatic heterocycles. The van der Waals surface area contributed by atoms with Crippen LogP contribution in [0.5, 0.6) is 0 Å². The second kappa shape index (κ2) is 17.0. The summed E-state index contributed by atoms with van der Waals surface area (Å²) in [5.74, 6) is -2.22. The molecule has 2 unspecified atom stereocenters. The smallest absolute Gasteiger partial charge is 0.333 e. The van der Waals surface area contributed by atoms with E-state index in [0.717, 1.165) is 101 Å². The van der Waals surface area contributed by atoms with Gasteiger partial charge in [0.2, 0.25) is 0 Å². The number of hydrogen-bond donors (Lipinski definition) is 2. The van der Waals surface area contributed by atoms with Gasteiger partial charge in [0, 0.05) is 10.8 Å². The summed E-state index contributed by atoms with van der Waals surface area (Å²) in [5.41, 5.74) is 9.26. The fraction of sp³-hybridized carbons (Fsp3) is 0.560. The minimum Gasteiger partial charge on any atom is -0.478 e. The zero-order valence-corrected chi connectivity index (χ0v) is 35.3. The molecule has 4 aromatic rings. The summed E-state index contributed by atoms with van der Waals surface area (Å²) in [5, 5.41) is 29.7. The lowest BCUT2D eigenvalue weighted by atomic mass is 9.55. The van der Waals surface area contributed by atoms with E-state index in [9.17, 15) is 19.8 Å². The number of carboxylic acids is 2. The van der Waals surface area contributed by atoms with Crippen molar-refractivity contribution < 1.29 is 19.8 Å². The molecule has 0 radical (unpaired) electrons. The van der Waals surface area contributed by atoms with Gasteiger partial charge in [0.1, 0.15) is 0 Å². The number of aliphatic carboxylic acids is 2. The molecule has 2 N–H and O–H groups in total. The van der Waals surface area contributed by atoms with Gasteiger partial charge in [-0.15, -0.1) is 0 Å². The average Bonchev–Trinajstić information content (AvgIpc) is 3.13. The molecule has 54 heavy (non-hydrogen) atoms. The molecule has 0 aliphatic heterocycles. The maximum atomic E-state index is 13.3. The predicted octanol–water partition coefficient (Wildman–Crippen LogP) is 13.5. The van der Waals surface area contributed by atoms with Gasteiger partial charge >= 0.3 is 11.9 Å². The van der Waals surface area contributed by atoms with Crippen LogP contribution in [0.2, 0.25) is 0 Å². The highest BCUT2D eigenvalue weighted by Crippen LogP contribution is 2.55. The first-order valence-electron chi connectivity index (χ1n) is 21.7. The van der Waals surface area contributed by atoms with Crippen LogP contribution in [0.1, 0.15) is 178 Å². The van der Waals surface area contributed by atoms with Crippen molar-refractivity contribution in [3.63, 3.8) is 0 Å². The molecular formula is C50H68O4. The Morgan fingerprint density at radius 3 is 0.944 bits per heavy atom. The fourth-order valence-electron chi connectivity index (χ4n) is 10.8. The molecule has 292 valence electrons. The van der Waals surface area contributed by atoms with Crippen LogP contribution in [0, 0.1) is 0 Å². The number of carboxylic acid groups (broad SMARTS) is 2. The van der Waals surface area contributed by atoms with Crippen LogP contribution in [0.25, 0.3) is 32.3 Å². The second-order valence-corrected chi connectivity index (χ2v) is 16.8. The van der Waals surface area contributed by atoms with Gasteiger partial charge in [-0.3, -0.25) is 0 Å². The summed E-state index contributed by atoms with van der Waals surface area (Å²) in [7, 11) is 0. The van der Waals surface area contributed by atoms with Crippen LogP contribution in [0.15, 0.2) is 35.4 Å². The van der Waals surface area contributed by atoms with Crippen molar-refractivity contribution in [2.75, 3.05) is 0 Å². The minimum atomic E-state index is -1.11. The van der Waals surface area contributed by atoms with E-state index in [4.69, 9.17) is 0 Å². The Morgan fingerprint density at radius 2 is 0.667 bits per heavy atom. The monoisotopic (exact) mass is 733 g/mol. The number of rotatable bonds is 18. The number of carbonyl (C=O) groups is 2. The fourth-order valence-corrected chi connectivity index (χ4v) is 10.8. The molecule has 0 bridgehead atoms. The van der Waals surface area contributed by atoms with Crippen LogP contribution in [-0.2, 0) is 58.9 Å². The average molecular weight is 733 g/mol. The first-order valence-corrected chi connectivity index (χ1v) is 21.7. The van der Waals surface area contributed by atoms with Crippen LogP contribution in [0.3, 0.4) is 0 Å². The van der Waals surface area contributed by atoms with Crippen molar-refractivity contribution >= 4 is 44.3 Å². The number of fused-ring (bicyclic) bond motifs is 4. The molecule has 4 nitrogen and oxygen atoms in total. The van der Waals surface area contributed by atoms with E-state index in [1.54, 1.807) is 22.3 Å². The van der Waals surface area contributed by atoms with Crippen molar-refractivity contribution in [2.24, 2.45) is 0 Å². The molecule has 0 amide bonds. The van der Waals surface area contributed by atoms with Gasteiger partial charge in [0.25, 0.3) is 0 Å². The SMILES string of the molecule is CCCc1c(CCC)c(CCC)c2cc3c(CCC)c4cc5c(cc4c(CCC)c3cc2c1CCC)C(C)(CCC)C(C(=O)O)=C(C(=O)O)C5(C)CCC. The highest BCUT2D eigenvalue weighted by atomic mass is 16.4. The van der Waals surface area contributed by atoms with Crippen molar-refractivity contribution in [3.05, 3.63) is 79.9 Å². The van der Waals surface area contributed by atoms with Crippen molar-refractivity contribution in [3.8, 4) is 0 Å². The number of aryl methyl sites for hydroxylation is 4. The zero-order chi connectivity index (χ0) is 39.5. The van der Waals surface area contributed by atoms with E-state index in [1.165, 1.54) is 43.4 Å². The Kier molecular flexibility index (Phi) is 13.1. The maximum Gasteiger partial charge on any atom is 0.333 e. The zero-order valence-electron chi connectivity index (χ0n) is 35.3. The summed E-state index contributed by atoms with van der Waals surface area (Å²) < 4.78 is 0. The summed E-state index contributed by atoms with van der Waals surface area (Å²) in [6, 6.07) is 9.83. The Morgan fingerprint density at radius 1 is 0.407 bits per heavy atom. The molecule has 0 spiro atoms. The Bertz CT molecular complexity index is 1950. The van der Waals surface area contributed by atoms with Crippen LogP contribution in [0.4, 0.5) is 0 Å². The van der Waals surface area contributed by atoms with Gasteiger partial charge < -0.3 is 10.2 Å². The van der Waals surface area contributed by atoms with Gasteiger partial charge in [-0.1, -0.05) is 121 Å². The molecule has 1 aliphatic carbocycles. The first kappa shape index (κ1) is 41.5. The van der Waals surface area contributed by atoms with Gasteiger partial charge in [-0.25, -0.2) is 9.59 Å². The lowest BCUT2D eigenvalue weighted by Gasteiger charge is -2.46. The van der Waals surface area contributed by atoms with E-state index in [1.807, 2.05) is 13.8 Å². The molecule has 0 fully saturated rings. The molecule has 0 saturated carbocycles. The van der Waals surface area contributed by atoms with E-state index < -0.39 is 22.8 Å². The predicted molar refractivity (Wildman–Crippen MR) is 230 cm³/mol. The molecule has 4 aromatic carbocycles. The second-order valence-electron chi connectivity index (χ2n) is 16.8. The third-order valence-electron chi connectivity index (χ3n) is 12.8. The largest absolute Gasteiger partial charge is 0.478 e. The van der Waals surface area contributed by atoms with Crippen molar-refractivity contribution in [1.29, 1.82) is 0 Å². The van der Waals surface area contributed by atoms with E-state index in [0.29, 0.717) is 12.8 Å². The molecule has 1 aliphatic rings. The van der Waals surface area contributed by atoms with Gasteiger partial charge in [-0.2, -0.15) is 0 Å². The maximum absolute atomic E-state index is 13.3. The van der Waals surface area contributed by atoms with Crippen molar-refractivity contribution in [2.45, 2.75) is 183 Å². The number of hydrogen-bond acceptors (Lipinski definition) is 2. The van der Waals surface area contributed by atoms with Crippen LogP contribution < -0.4 is 0 Å². The quantitative estimate of drug-likeness (QED) is 0.0999. The lowest BCUT2D eigenvalue weighted by Crippen LogP contribution is -2.45. The van der Waals surface area contributed by atoms with Gasteiger partial charge in [0.05, 0.1) is 11.1 Å². The van der Waals surface area contributed by atoms with E-state index in [2.05, 4.69) is 79.7 Å². The molecule has 5 rings (SSSR count). The summed E-state index contributed by atoms with van der Waals surface area (Å²) in [6.07, 6.45) is 15.3. The topological polar surface area (TPSA) is 74.6 Å². The highest BCUT2D eigenvalue weighted by Gasteiger charge is 2.52. The molecule has 4 heteroatoms. The van der Waals surface area contributed by atoms with Gasteiger partial charge in [0.15, 0.2) is 0 Å². The highest BCUT2D eigenvalue weighted by molar-refractivity contribution is 6.13. The van der Waals surface area contributed by atoms with E-state index in [-0.39, 0.29) is 11.1 Å². The molecule has 0 heterocycles. The normalized spacial score (nSPS) is 18.6. The van der Waals surface area contributed by atoms with Crippen molar-refractivity contribution in [1.82, 2.24) is 0 Å². The Balaban J connectivity index is 2.10. The summed E-state index contributed by atoms with van der Waals surface area (Å²) in [4.78, 5) is 26.6. The summed E-state index contributed by atoms with van der Waals surface area (Å²) >= 11 is 0. The Hall–Kier alpha value is -3.66. The third kappa shape index (κ3) is 6.79. The minimum absolute atomic E-state index is 0.0660.